The van der Waals surface area contributed by atoms with Gasteiger partial charge in [-0.3, -0.25) is 15.2 Å². The lowest BCUT2D eigenvalue weighted by Crippen LogP contribution is -2.11. The molecule has 2 aromatic heterocycles. The molecule has 0 bridgehead atoms. The Kier molecular flexibility index (Phi) is 2.93. The van der Waals surface area contributed by atoms with E-state index in [2.05, 4.69) is 20.5 Å². The highest BCUT2D eigenvalue weighted by Gasteiger charge is 2.15. The van der Waals surface area contributed by atoms with E-state index >= 15 is 0 Å². The standard InChI is InChI=1S/C9H9ClN4OS/c1-4-3-16-7(6(4)10)8(15)12-9-11-5(2)13-14-9/h3H,1-2H3,(H2,11,12,13,14,15). The molecule has 0 atom stereocenters. The van der Waals surface area contributed by atoms with Crippen molar-refractivity contribution in [3.63, 3.8) is 0 Å². The van der Waals surface area contributed by atoms with Crippen molar-refractivity contribution in [2.75, 3.05) is 5.32 Å². The maximum atomic E-state index is 11.8. The molecule has 0 fully saturated rings. The van der Waals surface area contributed by atoms with Crippen LogP contribution in [-0.2, 0) is 0 Å². The van der Waals surface area contributed by atoms with Crippen LogP contribution in [0.4, 0.5) is 5.95 Å². The second kappa shape index (κ2) is 4.23. The Morgan fingerprint density at radius 1 is 1.56 bits per heavy atom. The Balaban J connectivity index is 2.18. The number of carbonyl (C=O) groups is 1. The van der Waals surface area contributed by atoms with E-state index in [0.717, 1.165) is 5.56 Å². The van der Waals surface area contributed by atoms with Gasteiger partial charge in [0.1, 0.15) is 10.7 Å². The summed E-state index contributed by atoms with van der Waals surface area (Å²) in [7, 11) is 0. The third-order valence-electron chi connectivity index (χ3n) is 1.93. The number of anilines is 1. The first-order chi connectivity index (χ1) is 7.58. The molecular weight excluding hydrogens is 248 g/mol. The highest BCUT2D eigenvalue weighted by Crippen LogP contribution is 2.27. The Hall–Kier alpha value is -1.40. The van der Waals surface area contributed by atoms with Gasteiger partial charge in [-0.05, 0) is 24.8 Å². The van der Waals surface area contributed by atoms with Gasteiger partial charge in [-0.2, -0.15) is 4.98 Å². The van der Waals surface area contributed by atoms with Crippen LogP contribution in [0.2, 0.25) is 5.02 Å². The molecule has 0 saturated heterocycles. The molecular formula is C9H9ClN4OS. The molecule has 0 saturated carbocycles. The zero-order valence-corrected chi connectivity index (χ0v) is 10.2. The first kappa shape index (κ1) is 11.1. The number of rotatable bonds is 2. The van der Waals surface area contributed by atoms with Crippen LogP contribution in [0.5, 0.6) is 0 Å². The van der Waals surface area contributed by atoms with E-state index in [1.807, 2.05) is 12.3 Å². The second-order valence-electron chi connectivity index (χ2n) is 3.26. The van der Waals surface area contributed by atoms with Gasteiger partial charge in [-0.25, -0.2) is 0 Å². The van der Waals surface area contributed by atoms with Crippen molar-refractivity contribution in [1.82, 2.24) is 15.2 Å². The Morgan fingerprint density at radius 2 is 2.31 bits per heavy atom. The molecule has 7 heteroatoms. The average Bonchev–Trinajstić information content (AvgIpc) is 2.76. The minimum Gasteiger partial charge on any atom is -0.288 e. The number of aromatic nitrogens is 3. The SMILES string of the molecule is Cc1nc(NC(=O)c2scc(C)c2Cl)n[nH]1. The predicted molar refractivity (Wildman–Crippen MR) is 63.1 cm³/mol. The predicted octanol–water partition coefficient (Wildman–Crippen LogP) is 2.39. The maximum absolute atomic E-state index is 11.8. The zero-order valence-electron chi connectivity index (χ0n) is 8.67. The lowest BCUT2D eigenvalue weighted by molar-refractivity contribution is 0.103. The Bertz CT molecular complexity index is 533. The van der Waals surface area contributed by atoms with E-state index in [-0.39, 0.29) is 11.9 Å². The second-order valence-corrected chi connectivity index (χ2v) is 4.52. The van der Waals surface area contributed by atoms with Crippen molar-refractivity contribution in [3.05, 3.63) is 26.7 Å². The number of halogens is 1. The van der Waals surface area contributed by atoms with Crippen molar-refractivity contribution >= 4 is 34.8 Å². The van der Waals surface area contributed by atoms with E-state index in [0.29, 0.717) is 15.7 Å². The monoisotopic (exact) mass is 256 g/mol. The van der Waals surface area contributed by atoms with Crippen molar-refractivity contribution < 1.29 is 4.79 Å². The number of H-pyrrole nitrogens is 1. The lowest BCUT2D eigenvalue weighted by Gasteiger charge is -1.98. The molecule has 5 nitrogen and oxygen atoms in total. The van der Waals surface area contributed by atoms with Crippen LogP contribution in [0.3, 0.4) is 0 Å². The van der Waals surface area contributed by atoms with Gasteiger partial charge < -0.3 is 0 Å². The van der Waals surface area contributed by atoms with E-state index in [4.69, 9.17) is 11.6 Å². The van der Waals surface area contributed by atoms with Crippen molar-refractivity contribution in [2.24, 2.45) is 0 Å². The fourth-order valence-corrected chi connectivity index (χ4v) is 2.31. The van der Waals surface area contributed by atoms with E-state index < -0.39 is 0 Å². The molecule has 0 radical (unpaired) electrons. The smallest absolute Gasteiger partial charge is 0.269 e. The van der Waals surface area contributed by atoms with Crippen LogP contribution in [0.25, 0.3) is 0 Å². The summed E-state index contributed by atoms with van der Waals surface area (Å²) >= 11 is 7.28. The molecule has 0 aliphatic carbocycles. The first-order valence-electron chi connectivity index (χ1n) is 4.52. The molecule has 2 N–H and O–H groups in total. The fourth-order valence-electron chi connectivity index (χ4n) is 1.14. The zero-order chi connectivity index (χ0) is 11.7. The molecule has 16 heavy (non-hydrogen) atoms. The molecule has 2 rings (SSSR count). The van der Waals surface area contributed by atoms with Gasteiger partial charge in [0.25, 0.3) is 5.91 Å². The van der Waals surface area contributed by atoms with Crippen LogP contribution in [0, 0.1) is 13.8 Å². The average molecular weight is 257 g/mol. The highest BCUT2D eigenvalue weighted by atomic mass is 35.5. The summed E-state index contributed by atoms with van der Waals surface area (Å²) in [6.45, 7) is 3.61. The molecule has 0 aliphatic heterocycles. The number of aryl methyl sites for hydroxylation is 2. The van der Waals surface area contributed by atoms with Gasteiger partial charge in [-0.15, -0.1) is 16.4 Å². The van der Waals surface area contributed by atoms with Crippen LogP contribution in [0.15, 0.2) is 5.38 Å². The van der Waals surface area contributed by atoms with E-state index in [9.17, 15) is 4.79 Å². The summed E-state index contributed by atoms with van der Waals surface area (Å²) < 4.78 is 0. The Labute approximate surface area is 101 Å². The van der Waals surface area contributed by atoms with Gasteiger partial charge in [0.15, 0.2) is 0 Å². The van der Waals surface area contributed by atoms with Gasteiger partial charge in [-0.1, -0.05) is 11.6 Å². The number of nitrogens with zero attached hydrogens (tertiary/aromatic N) is 2. The largest absolute Gasteiger partial charge is 0.288 e. The fraction of sp³-hybridized carbons (Fsp3) is 0.222. The Morgan fingerprint density at radius 3 is 2.81 bits per heavy atom. The van der Waals surface area contributed by atoms with E-state index in [1.165, 1.54) is 11.3 Å². The van der Waals surface area contributed by atoms with Gasteiger partial charge in [0.05, 0.1) is 5.02 Å². The quantitative estimate of drug-likeness (QED) is 0.867. The number of hydrogen-bond donors (Lipinski definition) is 2. The number of aromatic amines is 1. The summed E-state index contributed by atoms with van der Waals surface area (Å²) in [4.78, 5) is 16.2. The van der Waals surface area contributed by atoms with Crippen LogP contribution in [0.1, 0.15) is 21.1 Å². The molecule has 2 aromatic rings. The minimum absolute atomic E-state index is 0.254. The first-order valence-corrected chi connectivity index (χ1v) is 5.77. The van der Waals surface area contributed by atoms with Crippen molar-refractivity contribution in [2.45, 2.75) is 13.8 Å². The third-order valence-corrected chi connectivity index (χ3v) is 3.62. The van der Waals surface area contributed by atoms with Crippen LogP contribution >= 0.6 is 22.9 Å². The molecule has 0 aromatic carbocycles. The van der Waals surface area contributed by atoms with Gasteiger partial charge in [0.2, 0.25) is 5.95 Å². The summed E-state index contributed by atoms with van der Waals surface area (Å²) in [5.74, 6) is 0.607. The minimum atomic E-state index is -0.290. The van der Waals surface area contributed by atoms with E-state index in [1.54, 1.807) is 6.92 Å². The van der Waals surface area contributed by atoms with Crippen LogP contribution < -0.4 is 5.32 Å². The number of thiophene rings is 1. The van der Waals surface area contributed by atoms with Crippen molar-refractivity contribution in [1.29, 1.82) is 0 Å². The molecule has 84 valence electrons. The van der Waals surface area contributed by atoms with Gasteiger partial charge in [0, 0.05) is 0 Å². The third kappa shape index (κ3) is 2.07. The molecule has 1 amide bonds. The lowest BCUT2D eigenvalue weighted by atomic mass is 10.3. The molecule has 2 heterocycles. The maximum Gasteiger partial charge on any atom is 0.269 e. The van der Waals surface area contributed by atoms with Gasteiger partial charge >= 0.3 is 0 Å². The highest BCUT2D eigenvalue weighted by molar-refractivity contribution is 7.13. The van der Waals surface area contributed by atoms with Crippen molar-refractivity contribution in [3.8, 4) is 0 Å². The molecule has 0 aliphatic rings. The molecule has 0 spiro atoms. The van der Waals surface area contributed by atoms with Crippen LogP contribution in [-0.4, -0.2) is 21.1 Å². The normalized spacial score (nSPS) is 10.4. The summed E-state index contributed by atoms with van der Waals surface area (Å²) in [6, 6.07) is 0. The topological polar surface area (TPSA) is 70.7 Å². The number of hydrogen-bond acceptors (Lipinski definition) is 4. The summed E-state index contributed by atoms with van der Waals surface area (Å²) in [5.41, 5.74) is 0.892. The number of amides is 1. The number of carbonyl (C=O) groups excluding carboxylic acids is 1. The summed E-state index contributed by atoms with van der Waals surface area (Å²) in [5, 5.41) is 11.3. The summed E-state index contributed by atoms with van der Waals surface area (Å²) in [6.07, 6.45) is 0. The number of nitrogens with one attached hydrogen (secondary N) is 2. The molecule has 0 unspecified atom stereocenters.